The van der Waals surface area contributed by atoms with Gasteiger partial charge in [0.25, 0.3) is 5.91 Å². The van der Waals surface area contributed by atoms with Crippen LogP contribution in [0.25, 0.3) is 6.08 Å². The quantitative estimate of drug-likeness (QED) is 0.582. The molecule has 1 aromatic carbocycles. The van der Waals surface area contributed by atoms with Crippen molar-refractivity contribution in [3.63, 3.8) is 0 Å². The third kappa shape index (κ3) is 5.22. The van der Waals surface area contributed by atoms with Crippen molar-refractivity contribution in [3.05, 3.63) is 58.4 Å². The molecule has 0 unspecified atom stereocenters. The molecule has 1 heterocycles. The Balaban J connectivity index is 1.88. The highest BCUT2D eigenvalue weighted by Crippen LogP contribution is 2.21. The number of rotatable bonds is 8. The molecule has 0 radical (unpaired) electrons. The molecule has 5 nitrogen and oxygen atoms in total. The topological polar surface area (TPSA) is 56.2 Å². The van der Waals surface area contributed by atoms with E-state index in [2.05, 4.69) is 17.5 Å². The lowest BCUT2D eigenvalue weighted by Crippen LogP contribution is -2.21. The summed E-state index contributed by atoms with van der Waals surface area (Å²) in [5, 5.41) is 4.95. The van der Waals surface area contributed by atoms with Gasteiger partial charge in [-0.15, -0.1) is 0 Å². The van der Waals surface area contributed by atoms with E-state index in [4.69, 9.17) is 16.4 Å². The highest BCUT2D eigenvalue weighted by Gasteiger charge is 2.10. The molecule has 0 saturated carbocycles. The number of unbranched alkanes of at least 4 members (excludes halogenated alkanes) is 1. The molecular weight excluding hydrogens is 326 g/mol. The van der Waals surface area contributed by atoms with Gasteiger partial charge in [0.05, 0.1) is 12.3 Å². The Hall–Kier alpha value is -2.11. The van der Waals surface area contributed by atoms with Crippen LogP contribution in [0.4, 0.5) is 0 Å². The lowest BCUT2D eigenvalue weighted by molar-refractivity contribution is -0.129. The first-order valence-corrected chi connectivity index (χ1v) is 8.36. The average Bonchev–Trinajstić information content (AvgIpc) is 2.85. The van der Waals surface area contributed by atoms with E-state index >= 15 is 0 Å². The molecule has 2 rings (SSSR count). The molecule has 6 heteroatoms. The summed E-state index contributed by atoms with van der Waals surface area (Å²) in [6.45, 7) is 5.08. The zero-order valence-corrected chi connectivity index (χ0v) is 14.7. The van der Waals surface area contributed by atoms with Crippen molar-refractivity contribution in [1.82, 2.24) is 15.3 Å². The molecule has 128 valence electrons. The Morgan fingerprint density at radius 2 is 2.12 bits per heavy atom. The maximum Gasteiger partial charge on any atom is 0.267 e. The number of amides is 1. The molecule has 1 N–H and O–H groups in total. The molecule has 1 aromatic heterocycles. The number of hydroxylamine groups is 1. The minimum absolute atomic E-state index is 0.315. The van der Waals surface area contributed by atoms with Gasteiger partial charge in [0.15, 0.2) is 0 Å². The first kappa shape index (κ1) is 18.2. The Morgan fingerprint density at radius 3 is 2.83 bits per heavy atom. The van der Waals surface area contributed by atoms with E-state index in [0.717, 1.165) is 36.2 Å². The molecule has 0 atom stereocenters. The van der Waals surface area contributed by atoms with Crippen LogP contribution in [0.1, 0.15) is 36.6 Å². The van der Waals surface area contributed by atoms with Crippen LogP contribution in [0.15, 0.2) is 36.4 Å². The van der Waals surface area contributed by atoms with Gasteiger partial charge < -0.3 is 0 Å². The van der Waals surface area contributed by atoms with Crippen LogP contribution in [0.3, 0.4) is 0 Å². The number of nitrogens with zero attached hydrogens (tertiary/aromatic N) is 2. The van der Waals surface area contributed by atoms with E-state index in [0.29, 0.717) is 11.8 Å². The van der Waals surface area contributed by atoms with Crippen LogP contribution >= 0.6 is 11.6 Å². The molecule has 2 aromatic rings. The molecule has 0 saturated heterocycles. The number of carbonyl (C=O) groups excluding carboxylic acids is 1. The Morgan fingerprint density at radius 1 is 1.38 bits per heavy atom. The van der Waals surface area contributed by atoms with Crippen LogP contribution in [0, 0.1) is 6.92 Å². The monoisotopic (exact) mass is 347 g/mol. The maximum absolute atomic E-state index is 11.8. The van der Waals surface area contributed by atoms with Gasteiger partial charge in [0.2, 0.25) is 0 Å². The van der Waals surface area contributed by atoms with E-state index in [1.807, 2.05) is 37.3 Å². The fourth-order valence-corrected chi connectivity index (χ4v) is 2.49. The molecule has 0 aliphatic heterocycles. The third-order valence-electron chi connectivity index (χ3n) is 3.49. The number of halogens is 1. The maximum atomic E-state index is 11.8. The van der Waals surface area contributed by atoms with Crippen molar-refractivity contribution in [2.24, 2.45) is 0 Å². The van der Waals surface area contributed by atoms with Crippen molar-refractivity contribution in [2.75, 3.05) is 0 Å². The van der Waals surface area contributed by atoms with E-state index in [1.54, 1.807) is 10.8 Å². The predicted molar refractivity (Wildman–Crippen MR) is 95.3 cm³/mol. The van der Waals surface area contributed by atoms with Crippen LogP contribution in [0.2, 0.25) is 5.15 Å². The van der Waals surface area contributed by atoms with Crippen LogP contribution in [-0.2, 0) is 22.8 Å². The van der Waals surface area contributed by atoms with Gasteiger partial charge in [-0.25, -0.2) is 5.48 Å². The average molecular weight is 348 g/mol. The van der Waals surface area contributed by atoms with E-state index in [1.165, 1.54) is 6.08 Å². The third-order valence-corrected chi connectivity index (χ3v) is 3.89. The van der Waals surface area contributed by atoms with Crippen molar-refractivity contribution < 1.29 is 9.63 Å². The second kappa shape index (κ2) is 9.25. The van der Waals surface area contributed by atoms with Gasteiger partial charge in [-0.2, -0.15) is 5.10 Å². The number of hydrogen-bond donors (Lipinski definition) is 1. The standard InChI is InChI=1S/C18H22ClN3O2/c1-3-4-12-22-18(19)16(14(2)20-22)10-11-17(23)21-24-13-15-8-6-5-7-9-15/h5-11H,3-4,12-13H2,1-2H3,(H,21,23)/b11-10+. The van der Waals surface area contributed by atoms with Crippen LogP contribution in [0.5, 0.6) is 0 Å². The summed E-state index contributed by atoms with van der Waals surface area (Å²) >= 11 is 6.32. The SMILES string of the molecule is CCCCn1nc(C)c(/C=C/C(=O)NOCc2ccccc2)c1Cl. The summed E-state index contributed by atoms with van der Waals surface area (Å²) in [4.78, 5) is 17.0. The molecule has 24 heavy (non-hydrogen) atoms. The zero-order valence-electron chi connectivity index (χ0n) is 14.0. The largest absolute Gasteiger partial charge is 0.269 e. The van der Waals surface area contributed by atoms with Crippen LogP contribution < -0.4 is 5.48 Å². The molecule has 1 amide bonds. The molecular formula is C18H22ClN3O2. The van der Waals surface area contributed by atoms with Gasteiger partial charge in [0.1, 0.15) is 5.15 Å². The van der Waals surface area contributed by atoms with Gasteiger partial charge in [-0.05, 0) is 25.0 Å². The fourth-order valence-electron chi connectivity index (χ4n) is 2.17. The number of hydrogen-bond acceptors (Lipinski definition) is 3. The summed E-state index contributed by atoms with van der Waals surface area (Å²) in [5.41, 5.74) is 4.92. The molecule has 0 aliphatic carbocycles. The van der Waals surface area contributed by atoms with Crippen molar-refractivity contribution in [3.8, 4) is 0 Å². The Kier molecular flexibility index (Phi) is 7.03. The minimum atomic E-state index is -0.345. The fraction of sp³-hybridized carbons (Fsp3) is 0.333. The van der Waals surface area contributed by atoms with E-state index in [-0.39, 0.29) is 5.91 Å². The highest BCUT2D eigenvalue weighted by molar-refractivity contribution is 6.31. The van der Waals surface area contributed by atoms with Gasteiger partial charge in [0, 0.05) is 18.2 Å². The Labute approximate surface area is 147 Å². The van der Waals surface area contributed by atoms with Crippen molar-refractivity contribution in [2.45, 2.75) is 39.8 Å². The lowest BCUT2D eigenvalue weighted by Gasteiger charge is -2.03. The summed E-state index contributed by atoms with van der Waals surface area (Å²) < 4.78 is 1.77. The van der Waals surface area contributed by atoms with Crippen molar-refractivity contribution in [1.29, 1.82) is 0 Å². The van der Waals surface area contributed by atoms with Gasteiger partial charge >= 0.3 is 0 Å². The summed E-state index contributed by atoms with van der Waals surface area (Å²) in [6.07, 6.45) is 5.14. The Bertz CT molecular complexity index is 696. The predicted octanol–water partition coefficient (Wildman–Crippen LogP) is 3.91. The van der Waals surface area contributed by atoms with Gasteiger partial charge in [-0.1, -0.05) is 55.3 Å². The van der Waals surface area contributed by atoms with Crippen LogP contribution in [-0.4, -0.2) is 15.7 Å². The summed E-state index contributed by atoms with van der Waals surface area (Å²) in [6, 6.07) is 9.62. The summed E-state index contributed by atoms with van der Waals surface area (Å²) in [7, 11) is 0. The number of aryl methyl sites for hydroxylation is 2. The van der Waals surface area contributed by atoms with Crippen molar-refractivity contribution >= 4 is 23.6 Å². The molecule has 0 spiro atoms. The number of benzene rings is 1. The number of carbonyl (C=O) groups is 1. The minimum Gasteiger partial charge on any atom is -0.269 e. The second-order valence-electron chi connectivity index (χ2n) is 5.44. The van der Waals surface area contributed by atoms with E-state index in [9.17, 15) is 4.79 Å². The zero-order chi connectivity index (χ0) is 17.4. The highest BCUT2D eigenvalue weighted by atomic mass is 35.5. The second-order valence-corrected chi connectivity index (χ2v) is 5.80. The molecule has 0 aliphatic rings. The first-order chi connectivity index (χ1) is 11.6. The lowest BCUT2D eigenvalue weighted by atomic mass is 10.2. The summed E-state index contributed by atoms with van der Waals surface area (Å²) in [5.74, 6) is -0.345. The van der Waals surface area contributed by atoms with Gasteiger partial charge in [-0.3, -0.25) is 14.3 Å². The normalized spacial score (nSPS) is 11.1. The number of aromatic nitrogens is 2. The molecule has 0 bridgehead atoms. The number of nitrogens with one attached hydrogen (secondary N) is 1. The smallest absolute Gasteiger partial charge is 0.267 e. The first-order valence-electron chi connectivity index (χ1n) is 7.98. The molecule has 0 fully saturated rings. The van der Waals surface area contributed by atoms with E-state index < -0.39 is 0 Å².